The van der Waals surface area contributed by atoms with E-state index in [0.29, 0.717) is 0 Å². The summed E-state index contributed by atoms with van der Waals surface area (Å²) < 4.78 is 11.1. The Morgan fingerprint density at radius 2 is 1.82 bits per heavy atom. The Hall–Kier alpha value is -0.340. The van der Waals surface area contributed by atoms with Crippen molar-refractivity contribution in [1.29, 1.82) is 0 Å². The summed E-state index contributed by atoms with van der Waals surface area (Å²) in [4.78, 5) is 0. The van der Waals surface area contributed by atoms with Crippen LogP contribution in [0.3, 0.4) is 0 Å². The maximum Gasteiger partial charge on any atom is 0.185 e. The van der Waals surface area contributed by atoms with E-state index in [2.05, 4.69) is 20.4 Å². The molecule has 2 atom stereocenters. The van der Waals surface area contributed by atoms with Crippen LogP contribution in [0.25, 0.3) is 0 Å². The largest absolute Gasteiger partial charge is 0.344 e. The summed E-state index contributed by atoms with van der Waals surface area (Å²) in [6.45, 7) is 9.68. The van der Waals surface area contributed by atoms with Crippen LogP contribution in [0.2, 0.25) is 0 Å². The van der Waals surface area contributed by atoms with E-state index in [1.54, 1.807) is 6.08 Å². The Balaban J connectivity index is 2.62. The second-order valence-corrected chi connectivity index (χ2v) is 3.31. The predicted molar refractivity (Wildman–Crippen MR) is 44.3 cm³/mol. The summed E-state index contributed by atoms with van der Waals surface area (Å²) in [7, 11) is 0. The van der Waals surface area contributed by atoms with Crippen molar-refractivity contribution in [3.63, 3.8) is 0 Å². The molecule has 0 spiro atoms. The normalized spacial score (nSPS) is 45.4. The first-order valence-electron chi connectivity index (χ1n) is 4.05. The monoisotopic (exact) mass is 156 g/mol. The number of ether oxygens (including phenoxy) is 2. The first kappa shape index (κ1) is 8.75. The summed E-state index contributed by atoms with van der Waals surface area (Å²) in [6.07, 6.45) is 3.20. The van der Waals surface area contributed by atoms with Crippen molar-refractivity contribution >= 4 is 0 Å². The Morgan fingerprint density at radius 3 is 2.18 bits per heavy atom. The van der Waals surface area contributed by atoms with E-state index in [0.717, 1.165) is 6.42 Å². The van der Waals surface area contributed by atoms with E-state index >= 15 is 0 Å². The Bertz CT molecular complexity index is 144. The Morgan fingerprint density at radius 1 is 1.36 bits per heavy atom. The zero-order valence-electron chi connectivity index (χ0n) is 7.46. The Kier molecular flexibility index (Phi) is 2.35. The summed E-state index contributed by atoms with van der Waals surface area (Å²) >= 11 is 0. The molecule has 2 heteroatoms. The smallest absolute Gasteiger partial charge is 0.185 e. The van der Waals surface area contributed by atoms with Crippen molar-refractivity contribution in [2.75, 3.05) is 0 Å². The second kappa shape index (κ2) is 2.95. The van der Waals surface area contributed by atoms with Gasteiger partial charge in [-0.2, -0.15) is 0 Å². The minimum atomic E-state index is -0.572. The molecule has 1 aliphatic heterocycles. The lowest BCUT2D eigenvalue weighted by atomic mass is 10.1. The minimum absolute atomic E-state index is 0.266. The van der Waals surface area contributed by atoms with Gasteiger partial charge in [-0.05, 0) is 33.3 Å². The van der Waals surface area contributed by atoms with Crippen molar-refractivity contribution in [3.05, 3.63) is 12.7 Å². The standard InChI is InChI=1S/C9H16O2/c1-5-9(4)10-7(2)6-8(3)11-9/h5,7-8H,1,6H2,2-4H3. The lowest BCUT2D eigenvalue weighted by Gasteiger charge is -2.38. The molecule has 2 nitrogen and oxygen atoms in total. The topological polar surface area (TPSA) is 18.5 Å². The number of rotatable bonds is 1. The molecule has 0 amide bonds. The van der Waals surface area contributed by atoms with Gasteiger partial charge >= 0.3 is 0 Å². The molecule has 0 saturated carbocycles. The van der Waals surface area contributed by atoms with Gasteiger partial charge in [-0.25, -0.2) is 0 Å². The van der Waals surface area contributed by atoms with Crippen LogP contribution in [0.4, 0.5) is 0 Å². The molecule has 2 unspecified atom stereocenters. The lowest BCUT2D eigenvalue weighted by molar-refractivity contribution is -0.275. The van der Waals surface area contributed by atoms with Gasteiger partial charge in [0.1, 0.15) is 0 Å². The van der Waals surface area contributed by atoms with Gasteiger partial charge < -0.3 is 9.47 Å². The van der Waals surface area contributed by atoms with Crippen molar-refractivity contribution < 1.29 is 9.47 Å². The molecule has 0 aliphatic carbocycles. The highest BCUT2D eigenvalue weighted by Gasteiger charge is 2.32. The van der Waals surface area contributed by atoms with E-state index in [4.69, 9.17) is 9.47 Å². The molecule has 0 aromatic rings. The summed E-state index contributed by atoms with van der Waals surface area (Å²) in [5.74, 6) is -0.572. The van der Waals surface area contributed by atoms with Crippen molar-refractivity contribution in [1.82, 2.24) is 0 Å². The quantitative estimate of drug-likeness (QED) is 0.541. The highest BCUT2D eigenvalue weighted by atomic mass is 16.7. The SMILES string of the molecule is C=CC1(C)OC(C)CC(C)O1. The maximum atomic E-state index is 5.55. The van der Waals surface area contributed by atoms with Gasteiger partial charge in [0.2, 0.25) is 0 Å². The molecule has 11 heavy (non-hydrogen) atoms. The van der Waals surface area contributed by atoms with Gasteiger partial charge in [-0.15, -0.1) is 0 Å². The van der Waals surface area contributed by atoms with Crippen LogP contribution in [0, 0.1) is 0 Å². The average molecular weight is 156 g/mol. The highest BCUT2D eigenvalue weighted by molar-refractivity contribution is 4.89. The lowest BCUT2D eigenvalue weighted by Crippen LogP contribution is -2.43. The molecule has 0 bridgehead atoms. The molecule has 1 heterocycles. The molecule has 0 radical (unpaired) electrons. The number of hydrogen-bond acceptors (Lipinski definition) is 2. The third-order valence-electron chi connectivity index (χ3n) is 1.91. The van der Waals surface area contributed by atoms with E-state index in [9.17, 15) is 0 Å². The summed E-state index contributed by atoms with van der Waals surface area (Å²) in [5, 5.41) is 0. The van der Waals surface area contributed by atoms with Crippen LogP contribution in [0.15, 0.2) is 12.7 Å². The molecule has 0 aromatic carbocycles. The molecule has 0 N–H and O–H groups in total. The summed E-state index contributed by atoms with van der Waals surface area (Å²) in [5.41, 5.74) is 0. The maximum absolute atomic E-state index is 5.55. The van der Waals surface area contributed by atoms with Crippen LogP contribution >= 0.6 is 0 Å². The van der Waals surface area contributed by atoms with E-state index in [-0.39, 0.29) is 12.2 Å². The van der Waals surface area contributed by atoms with Crippen LogP contribution in [-0.4, -0.2) is 18.0 Å². The van der Waals surface area contributed by atoms with Crippen LogP contribution < -0.4 is 0 Å². The molecule has 1 aliphatic rings. The molecule has 1 rings (SSSR count). The first-order chi connectivity index (χ1) is 5.06. The van der Waals surface area contributed by atoms with E-state index in [1.807, 2.05) is 6.92 Å². The van der Waals surface area contributed by atoms with Gasteiger partial charge in [0, 0.05) is 0 Å². The molecule has 0 aromatic heterocycles. The third-order valence-corrected chi connectivity index (χ3v) is 1.91. The molecule has 64 valence electrons. The van der Waals surface area contributed by atoms with Crippen molar-refractivity contribution in [2.45, 2.75) is 45.2 Å². The van der Waals surface area contributed by atoms with Crippen LogP contribution in [-0.2, 0) is 9.47 Å². The highest BCUT2D eigenvalue weighted by Crippen LogP contribution is 2.27. The average Bonchev–Trinajstić information content (AvgIpc) is 1.84. The fourth-order valence-corrected chi connectivity index (χ4v) is 1.49. The van der Waals surface area contributed by atoms with Crippen LogP contribution in [0.1, 0.15) is 27.2 Å². The van der Waals surface area contributed by atoms with E-state index < -0.39 is 5.79 Å². The zero-order chi connectivity index (χ0) is 8.48. The molecule has 1 saturated heterocycles. The zero-order valence-corrected chi connectivity index (χ0v) is 7.46. The second-order valence-electron chi connectivity index (χ2n) is 3.31. The summed E-state index contributed by atoms with van der Waals surface area (Å²) in [6, 6.07) is 0. The predicted octanol–water partition coefficient (Wildman–Crippen LogP) is 2.10. The fraction of sp³-hybridized carbons (Fsp3) is 0.778. The van der Waals surface area contributed by atoms with Crippen molar-refractivity contribution in [3.8, 4) is 0 Å². The minimum Gasteiger partial charge on any atom is -0.344 e. The van der Waals surface area contributed by atoms with Gasteiger partial charge in [0.25, 0.3) is 0 Å². The molecular formula is C9H16O2. The molecule has 1 fully saturated rings. The van der Waals surface area contributed by atoms with Gasteiger partial charge in [-0.3, -0.25) is 0 Å². The van der Waals surface area contributed by atoms with E-state index in [1.165, 1.54) is 0 Å². The fourth-order valence-electron chi connectivity index (χ4n) is 1.49. The van der Waals surface area contributed by atoms with Crippen molar-refractivity contribution in [2.24, 2.45) is 0 Å². The Labute approximate surface area is 68.2 Å². The third kappa shape index (κ3) is 2.04. The van der Waals surface area contributed by atoms with Gasteiger partial charge in [0.05, 0.1) is 12.2 Å². The first-order valence-corrected chi connectivity index (χ1v) is 4.05. The van der Waals surface area contributed by atoms with Crippen LogP contribution in [0.5, 0.6) is 0 Å². The molecular weight excluding hydrogens is 140 g/mol. The number of hydrogen-bond donors (Lipinski definition) is 0. The van der Waals surface area contributed by atoms with Gasteiger partial charge in [-0.1, -0.05) is 6.58 Å². The van der Waals surface area contributed by atoms with Gasteiger partial charge in [0.15, 0.2) is 5.79 Å².